The molecule has 0 aromatic rings. The van der Waals surface area contributed by atoms with Crippen molar-refractivity contribution in [2.75, 3.05) is 25.1 Å². The molecular formula is C20H40N6O5S. The van der Waals surface area contributed by atoms with Gasteiger partial charge in [0.1, 0.15) is 18.1 Å². The molecule has 0 saturated heterocycles. The number of hydrogen-bond donors (Lipinski definition) is 7. The molecule has 0 rings (SSSR count). The van der Waals surface area contributed by atoms with E-state index in [0.29, 0.717) is 57.4 Å². The second kappa shape index (κ2) is 17.6. The number of carboxylic acids is 1. The number of carbonyl (C=O) groups is 4. The lowest BCUT2D eigenvalue weighted by Gasteiger charge is -2.24. The van der Waals surface area contributed by atoms with Gasteiger partial charge in [-0.1, -0.05) is 6.42 Å². The molecule has 10 N–H and O–H groups in total. The molecule has 0 aromatic carbocycles. The molecule has 3 amide bonds. The zero-order chi connectivity index (χ0) is 24.5. The third-order valence-corrected chi connectivity index (χ3v) is 5.50. The molecule has 0 radical (unpaired) electrons. The Balaban J connectivity index is 5.21. The van der Waals surface area contributed by atoms with Gasteiger partial charge in [-0.3, -0.25) is 19.2 Å². The van der Waals surface area contributed by atoms with Crippen LogP contribution < -0.4 is 33.2 Å². The first-order chi connectivity index (χ1) is 15.2. The number of hydrogen-bond acceptors (Lipinski definition) is 8. The van der Waals surface area contributed by atoms with Crippen molar-refractivity contribution in [1.29, 1.82) is 0 Å². The number of nitrogens with two attached hydrogens (primary N) is 3. The number of carboxylic acid groups (broad SMARTS) is 1. The van der Waals surface area contributed by atoms with E-state index in [1.807, 2.05) is 6.26 Å². The molecule has 32 heavy (non-hydrogen) atoms. The first-order valence-electron chi connectivity index (χ1n) is 11.0. The molecule has 4 atom stereocenters. The molecule has 11 nitrogen and oxygen atoms in total. The minimum Gasteiger partial charge on any atom is -0.480 e. The predicted octanol–water partition coefficient (Wildman–Crippen LogP) is -1.12. The van der Waals surface area contributed by atoms with Gasteiger partial charge in [-0.2, -0.15) is 11.8 Å². The number of amides is 3. The van der Waals surface area contributed by atoms with E-state index in [4.69, 9.17) is 22.3 Å². The van der Waals surface area contributed by atoms with Crippen molar-refractivity contribution < 1.29 is 24.3 Å². The van der Waals surface area contributed by atoms with E-state index in [1.54, 1.807) is 0 Å². The Hall–Kier alpha value is -1.89. The molecule has 186 valence electrons. The summed E-state index contributed by atoms with van der Waals surface area (Å²) in [6, 6.07) is -3.67. The highest BCUT2D eigenvalue weighted by Gasteiger charge is 2.28. The monoisotopic (exact) mass is 476 g/mol. The molecule has 0 aliphatic heterocycles. The summed E-state index contributed by atoms with van der Waals surface area (Å²) in [5, 5.41) is 16.8. The maximum atomic E-state index is 12.9. The third kappa shape index (κ3) is 12.8. The van der Waals surface area contributed by atoms with Gasteiger partial charge in [0.05, 0.1) is 6.04 Å². The van der Waals surface area contributed by atoms with Crippen LogP contribution in [0.3, 0.4) is 0 Å². The van der Waals surface area contributed by atoms with Crippen LogP contribution in [0.25, 0.3) is 0 Å². The van der Waals surface area contributed by atoms with Crippen molar-refractivity contribution in [2.24, 2.45) is 17.2 Å². The zero-order valence-electron chi connectivity index (χ0n) is 19.1. The van der Waals surface area contributed by atoms with E-state index in [9.17, 15) is 19.2 Å². The molecule has 0 saturated carbocycles. The quantitative estimate of drug-likeness (QED) is 0.120. The summed E-state index contributed by atoms with van der Waals surface area (Å²) in [5.41, 5.74) is 16.9. The van der Waals surface area contributed by atoms with Crippen LogP contribution >= 0.6 is 11.8 Å². The number of carbonyl (C=O) groups excluding carboxylic acids is 3. The number of unbranched alkanes of at least 4 members (excludes halogenated alkanes) is 2. The number of thioether (sulfide) groups is 1. The molecule has 0 aliphatic carbocycles. The fraction of sp³-hybridized carbons (Fsp3) is 0.800. The molecule has 0 fully saturated rings. The summed E-state index contributed by atoms with van der Waals surface area (Å²) in [7, 11) is 0. The molecule has 0 spiro atoms. The number of nitrogens with one attached hydrogen (secondary N) is 3. The van der Waals surface area contributed by atoms with Crippen LogP contribution in [0.15, 0.2) is 0 Å². The van der Waals surface area contributed by atoms with Crippen LogP contribution in [0, 0.1) is 0 Å². The van der Waals surface area contributed by atoms with Gasteiger partial charge < -0.3 is 38.3 Å². The summed E-state index contributed by atoms with van der Waals surface area (Å²) < 4.78 is 0. The van der Waals surface area contributed by atoms with Crippen LogP contribution in [0.5, 0.6) is 0 Å². The van der Waals surface area contributed by atoms with Crippen LogP contribution in [0.1, 0.15) is 51.9 Å². The van der Waals surface area contributed by atoms with Gasteiger partial charge in [-0.15, -0.1) is 0 Å². The molecule has 0 bridgehead atoms. The average Bonchev–Trinajstić information content (AvgIpc) is 2.75. The minimum atomic E-state index is -1.18. The Morgan fingerprint density at radius 2 is 1.31 bits per heavy atom. The van der Waals surface area contributed by atoms with Gasteiger partial charge >= 0.3 is 5.97 Å². The highest BCUT2D eigenvalue weighted by molar-refractivity contribution is 7.98. The molecule has 0 aromatic heterocycles. The Labute approximate surface area is 194 Å². The lowest BCUT2D eigenvalue weighted by molar-refractivity contribution is -0.141. The lowest BCUT2D eigenvalue weighted by Crippen LogP contribution is -2.57. The van der Waals surface area contributed by atoms with Crippen molar-refractivity contribution in [3.8, 4) is 0 Å². The van der Waals surface area contributed by atoms with Crippen molar-refractivity contribution in [1.82, 2.24) is 16.0 Å². The first kappa shape index (κ1) is 30.1. The van der Waals surface area contributed by atoms with E-state index in [2.05, 4.69) is 16.0 Å². The van der Waals surface area contributed by atoms with Gasteiger partial charge in [-0.05, 0) is 70.5 Å². The Kier molecular flexibility index (Phi) is 16.6. The van der Waals surface area contributed by atoms with Crippen LogP contribution in [-0.2, 0) is 19.2 Å². The summed E-state index contributed by atoms with van der Waals surface area (Å²) in [6.07, 6.45) is 5.68. The number of aliphatic carboxylic acids is 1. The fourth-order valence-corrected chi connectivity index (χ4v) is 3.30. The SMILES string of the molecule is CSCCC(NC(=O)C(N)CCCCN)C(=O)NC(CCCCN)C(=O)NC(C)C(=O)O. The maximum absolute atomic E-state index is 12.9. The highest BCUT2D eigenvalue weighted by atomic mass is 32.2. The molecule has 0 aliphatic rings. The third-order valence-electron chi connectivity index (χ3n) is 4.86. The van der Waals surface area contributed by atoms with Crippen LogP contribution in [0.2, 0.25) is 0 Å². The van der Waals surface area contributed by atoms with Crippen molar-refractivity contribution in [3.63, 3.8) is 0 Å². The van der Waals surface area contributed by atoms with Crippen molar-refractivity contribution >= 4 is 35.5 Å². The minimum absolute atomic E-state index is 0.295. The fourth-order valence-electron chi connectivity index (χ4n) is 2.83. The van der Waals surface area contributed by atoms with E-state index in [0.717, 1.165) is 6.42 Å². The van der Waals surface area contributed by atoms with Gasteiger partial charge in [0, 0.05) is 0 Å². The lowest BCUT2D eigenvalue weighted by atomic mass is 10.1. The summed E-state index contributed by atoms with van der Waals surface area (Å²) >= 11 is 1.52. The van der Waals surface area contributed by atoms with E-state index in [-0.39, 0.29) is 0 Å². The summed E-state index contributed by atoms with van der Waals surface area (Å²) in [5.74, 6) is -2.12. The molecule has 0 heterocycles. The molecule has 4 unspecified atom stereocenters. The normalized spacial score (nSPS) is 14.7. The summed E-state index contributed by atoms with van der Waals surface area (Å²) in [4.78, 5) is 49.0. The van der Waals surface area contributed by atoms with Gasteiger partial charge in [0.15, 0.2) is 0 Å². The van der Waals surface area contributed by atoms with Crippen molar-refractivity contribution in [2.45, 2.75) is 76.0 Å². The predicted molar refractivity (Wildman–Crippen MR) is 126 cm³/mol. The van der Waals surface area contributed by atoms with Gasteiger partial charge in [-0.25, -0.2) is 0 Å². The zero-order valence-corrected chi connectivity index (χ0v) is 19.9. The van der Waals surface area contributed by atoms with Gasteiger partial charge in [0.25, 0.3) is 0 Å². The molecular weight excluding hydrogens is 436 g/mol. The molecule has 12 heteroatoms. The van der Waals surface area contributed by atoms with E-state index in [1.165, 1.54) is 18.7 Å². The number of rotatable bonds is 18. The summed E-state index contributed by atoms with van der Waals surface area (Å²) in [6.45, 7) is 2.29. The van der Waals surface area contributed by atoms with E-state index < -0.39 is 47.9 Å². The van der Waals surface area contributed by atoms with Crippen LogP contribution in [0.4, 0.5) is 0 Å². The standard InChI is InChI=1S/C20H40N6O5S/c1-13(20(30)31)24-18(28)15(8-4-6-11-22)26-19(29)16(9-12-32-2)25-17(27)14(23)7-3-5-10-21/h13-16H,3-12,21-23H2,1-2H3,(H,24,28)(H,25,27)(H,26,29)(H,30,31). The largest absolute Gasteiger partial charge is 0.480 e. The second-order valence-corrected chi connectivity index (χ2v) is 8.63. The Morgan fingerprint density at radius 1 is 0.812 bits per heavy atom. The van der Waals surface area contributed by atoms with Crippen molar-refractivity contribution in [3.05, 3.63) is 0 Å². The Morgan fingerprint density at radius 3 is 1.84 bits per heavy atom. The van der Waals surface area contributed by atoms with E-state index >= 15 is 0 Å². The first-order valence-corrected chi connectivity index (χ1v) is 12.4. The Bertz CT molecular complexity index is 595. The highest BCUT2D eigenvalue weighted by Crippen LogP contribution is 2.07. The second-order valence-electron chi connectivity index (χ2n) is 7.65. The smallest absolute Gasteiger partial charge is 0.325 e. The van der Waals surface area contributed by atoms with Gasteiger partial charge in [0.2, 0.25) is 17.7 Å². The topological polar surface area (TPSA) is 203 Å². The maximum Gasteiger partial charge on any atom is 0.325 e. The van der Waals surface area contributed by atoms with Crippen LogP contribution in [-0.4, -0.2) is 78.1 Å². The average molecular weight is 477 g/mol.